The van der Waals surface area contributed by atoms with Crippen molar-refractivity contribution in [3.8, 4) is 17.2 Å². The third kappa shape index (κ3) is 3.99. The van der Waals surface area contributed by atoms with Crippen molar-refractivity contribution in [1.29, 1.82) is 0 Å². The van der Waals surface area contributed by atoms with E-state index >= 15 is 0 Å². The van der Waals surface area contributed by atoms with Crippen molar-refractivity contribution in [2.24, 2.45) is 0 Å². The third-order valence-corrected chi connectivity index (χ3v) is 3.39. The summed E-state index contributed by atoms with van der Waals surface area (Å²) in [7, 11) is 1.67. The predicted octanol–water partition coefficient (Wildman–Crippen LogP) is 4.16. The summed E-state index contributed by atoms with van der Waals surface area (Å²) in [5.41, 5.74) is 2.38. The van der Waals surface area contributed by atoms with E-state index in [2.05, 4.69) is 31.3 Å². The fourth-order valence-electron chi connectivity index (χ4n) is 2.14. The summed E-state index contributed by atoms with van der Waals surface area (Å²) in [6.45, 7) is 5.95. The van der Waals surface area contributed by atoms with E-state index < -0.39 is 0 Å². The van der Waals surface area contributed by atoms with Crippen LogP contribution in [-0.4, -0.2) is 13.7 Å². The van der Waals surface area contributed by atoms with Crippen molar-refractivity contribution in [3.05, 3.63) is 53.6 Å². The van der Waals surface area contributed by atoms with Crippen molar-refractivity contribution in [2.75, 3.05) is 13.7 Å². The van der Waals surface area contributed by atoms with E-state index in [-0.39, 0.29) is 0 Å². The third-order valence-electron chi connectivity index (χ3n) is 3.39. The smallest absolute Gasteiger partial charge is 0.169 e. The molecule has 0 bridgehead atoms. The quantitative estimate of drug-likeness (QED) is 0.828. The second-order valence-electron chi connectivity index (χ2n) is 4.83. The fraction of sp³-hybridized carbons (Fsp3) is 0.333. The zero-order chi connectivity index (χ0) is 15.1. The van der Waals surface area contributed by atoms with Crippen molar-refractivity contribution in [1.82, 2.24) is 5.32 Å². The number of para-hydroxylation sites is 1. The number of ether oxygens (including phenoxy) is 2. The molecule has 0 saturated carbocycles. The molecule has 3 heteroatoms. The van der Waals surface area contributed by atoms with Gasteiger partial charge in [-0.3, -0.25) is 0 Å². The summed E-state index contributed by atoms with van der Waals surface area (Å²) in [6, 6.07) is 14.1. The Morgan fingerprint density at radius 1 is 0.952 bits per heavy atom. The van der Waals surface area contributed by atoms with Crippen molar-refractivity contribution < 1.29 is 9.47 Å². The number of methoxy groups -OCH3 is 1. The second kappa shape index (κ2) is 7.70. The topological polar surface area (TPSA) is 30.5 Å². The van der Waals surface area contributed by atoms with Gasteiger partial charge in [0.15, 0.2) is 11.5 Å². The maximum absolute atomic E-state index is 6.06. The summed E-state index contributed by atoms with van der Waals surface area (Å²) in [5.74, 6) is 2.38. The Kier molecular flexibility index (Phi) is 5.64. The standard InChI is InChI=1S/C18H23NO2/c1-4-14-10-11-17(18(12-14)20-3)21-16-9-7-6-8-15(16)13-19-5-2/h6-12,19H,4-5,13H2,1-3H3. The Bertz CT molecular complexity index is 581. The molecule has 0 atom stereocenters. The molecule has 0 amide bonds. The van der Waals surface area contributed by atoms with Crippen LogP contribution in [0.15, 0.2) is 42.5 Å². The molecule has 0 fully saturated rings. The van der Waals surface area contributed by atoms with Crippen LogP contribution in [0.5, 0.6) is 17.2 Å². The molecule has 2 aromatic rings. The number of hydrogen-bond donors (Lipinski definition) is 1. The minimum Gasteiger partial charge on any atom is -0.493 e. The van der Waals surface area contributed by atoms with Gasteiger partial charge in [0.05, 0.1) is 7.11 Å². The molecule has 2 aromatic carbocycles. The highest BCUT2D eigenvalue weighted by atomic mass is 16.5. The maximum atomic E-state index is 6.06. The lowest BCUT2D eigenvalue weighted by atomic mass is 10.1. The minimum atomic E-state index is 0.749. The molecule has 1 N–H and O–H groups in total. The Hall–Kier alpha value is -2.00. The van der Waals surface area contributed by atoms with Gasteiger partial charge in [-0.1, -0.05) is 38.1 Å². The molecule has 0 saturated heterocycles. The van der Waals surface area contributed by atoms with Gasteiger partial charge >= 0.3 is 0 Å². The molecule has 0 radical (unpaired) electrons. The zero-order valence-electron chi connectivity index (χ0n) is 13.0. The van der Waals surface area contributed by atoms with E-state index in [0.29, 0.717) is 0 Å². The van der Waals surface area contributed by atoms with Gasteiger partial charge in [0.1, 0.15) is 5.75 Å². The minimum absolute atomic E-state index is 0.749. The van der Waals surface area contributed by atoms with E-state index in [1.807, 2.05) is 30.3 Å². The van der Waals surface area contributed by atoms with E-state index in [1.165, 1.54) is 5.56 Å². The Morgan fingerprint density at radius 3 is 2.48 bits per heavy atom. The molecule has 0 aromatic heterocycles. The van der Waals surface area contributed by atoms with Crippen LogP contribution >= 0.6 is 0 Å². The number of rotatable bonds is 7. The molecule has 112 valence electrons. The highest BCUT2D eigenvalue weighted by molar-refractivity contribution is 5.47. The van der Waals surface area contributed by atoms with Gasteiger partial charge in [0.25, 0.3) is 0 Å². The van der Waals surface area contributed by atoms with E-state index in [0.717, 1.165) is 42.3 Å². The molecule has 0 aliphatic rings. The molecular weight excluding hydrogens is 262 g/mol. The lowest BCUT2D eigenvalue weighted by Gasteiger charge is -2.14. The first-order valence-corrected chi connectivity index (χ1v) is 7.41. The van der Waals surface area contributed by atoms with E-state index in [4.69, 9.17) is 9.47 Å². The van der Waals surface area contributed by atoms with Gasteiger partial charge in [0, 0.05) is 12.1 Å². The van der Waals surface area contributed by atoms with Crippen LogP contribution in [0, 0.1) is 0 Å². The summed E-state index contributed by atoms with van der Waals surface area (Å²) < 4.78 is 11.5. The SMILES string of the molecule is CCNCc1ccccc1Oc1ccc(CC)cc1OC. The van der Waals surface area contributed by atoms with E-state index in [1.54, 1.807) is 7.11 Å². The van der Waals surface area contributed by atoms with Crippen LogP contribution in [0.4, 0.5) is 0 Å². The lowest BCUT2D eigenvalue weighted by Crippen LogP contribution is -2.12. The van der Waals surface area contributed by atoms with Gasteiger partial charge in [-0.2, -0.15) is 0 Å². The van der Waals surface area contributed by atoms with Gasteiger partial charge in [0.2, 0.25) is 0 Å². The first-order chi connectivity index (χ1) is 10.3. The molecule has 0 aliphatic carbocycles. The number of benzene rings is 2. The Balaban J connectivity index is 2.25. The highest BCUT2D eigenvalue weighted by Gasteiger charge is 2.09. The normalized spacial score (nSPS) is 10.4. The Morgan fingerprint density at radius 2 is 1.76 bits per heavy atom. The monoisotopic (exact) mass is 285 g/mol. The van der Waals surface area contributed by atoms with Gasteiger partial charge in [-0.05, 0) is 36.7 Å². The van der Waals surface area contributed by atoms with Gasteiger partial charge < -0.3 is 14.8 Å². The van der Waals surface area contributed by atoms with Crippen LogP contribution in [0.1, 0.15) is 25.0 Å². The van der Waals surface area contributed by atoms with Gasteiger partial charge in [-0.25, -0.2) is 0 Å². The molecule has 0 aliphatic heterocycles. The summed E-state index contributed by atoms with van der Waals surface area (Å²) in [5, 5.41) is 3.33. The largest absolute Gasteiger partial charge is 0.493 e. The summed E-state index contributed by atoms with van der Waals surface area (Å²) in [6.07, 6.45) is 0.980. The molecule has 2 rings (SSSR count). The number of nitrogens with one attached hydrogen (secondary N) is 1. The van der Waals surface area contributed by atoms with Crippen LogP contribution in [-0.2, 0) is 13.0 Å². The fourth-order valence-corrected chi connectivity index (χ4v) is 2.14. The first-order valence-electron chi connectivity index (χ1n) is 7.41. The van der Waals surface area contributed by atoms with Crippen LogP contribution in [0.2, 0.25) is 0 Å². The number of aryl methyl sites for hydroxylation is 1. The average molecular weight is 285 g/mol. The van der Waals surface area contributed by atoms with Crippen LogP contribution < -0.4 is 14.8 Å². The average Bonchev–Trinajstić information content (AvgIpc) is 2.54. The molecule has 3 nitrogen and oxygen atoms in total. The molecule has 21 heavy (non-hydrogen) atoms. The molecular formula is C18H23NO2. The summed E-state index contributed by atoms with van der Waals surface area (Å²) >= 11 is 0. The van der Waals surface area contributed by atoms with Crippen molar-refractivity contribution >= 4 is 0 Å². The first kappa shape index (κ1) is 15.4. The zero-order valence-corrected chi connectivity index (χ0v) is 13.0. The Labute approximate surface area is 126 Å². The predicted molar refractivity (Wildman–Crippen MR) is 86.3 cm³/mol. The molecule has 0 heterocycles. The van der Waals surface area contributed by atoms with Crippen LogP contribution in [0.25, 0.3) is 0 Å². The highest BCUT2D eigenvalue weighted by Crippen LogP contribution is 2.33. The van der Waals surface area contributed by atoms with Gasteiger partial charge in [-0.15, -0.1) is 0 Å². The van der Waals surface area contributed by atoms with Crippen molar-refractivity contribution in [2.45, 2.75) is 26.8 Å². The molecule has 0 spiro atoms. The number of hydrogen-bond acceptors (Lipinski definition) is 3. The second-order valence-corrected chi connectivity index (χ2v) is 4.83. The lowest BCUT2D eigenvalue weighted by molar-refractivity contribution is 0.376. The van der Waals surface area contributed by atoms with Crippen molar-refractivity contribution in [3.63, 3.8) is 0 Å². The summed E-state index contributed by atoms with van der Waals surface area (Å²) in [4.78, 5) is 0. The maximum Gasteiger partial charge on any atom is 0.169 e. The molecule has 0 unspecified atom stereocenters. The van der Waals surface area contributed by atoms with E-state index in [9.17, 15) is 0 Å². The van der Waals surface area contributed by atoms with Crippen LogP contribution in [0.3, 0.4) is 0 Å².